The number of phosphoric acid groups is 6. The average Bonchev–Trinajstić information content (AvgIpc) is 2.83. The number of aromatic nitrogens is 2. The van der Waals surface area contributed by atoms with Crippen molar-refractivity contribution in [1.29, 1.82) is 0 Å². The van der Waals surface area contributed by atoms with Crippen molar-refractivity contribution in [3.05, 3.63) is 18.7 Å². The van der Waals surface area contributed by atoms with E-state index in [9.17, 15) is 27.4 Å². The SMILES string of the molecule is CCn1cc[n+](C)c1.O=P(O)(O)OP(=O)(O)OP(=O)(O)OP(=O)(O)OP(=O)(O)OP(=O)(O)O. The smallest absolute Gasteiger partial charge is 0.302 e. The number of hydrogen-bond donors (Lipinski definition) is 8. The van der Waals surface area contributed by atoms with Gasteiger partial charge in [-0.25, -0.2) is 36.5 Å². The monoisotopic (exact) mass is 609 g/mol. The Kier molecular flexibility index (Phi) is 11.9. The minimum atomic E-state index is -6.26. The van der Waals surface area contributed by atoms with E-state index in [-0.39, 0.29) is 0 Å². The van der Waals surface area contributed by atoms with E-state index in [4.69, 9.17) is 39.1 Å². The average molecular weight is 609 g/mol. The molecule has 0 aliphatic carbocycles. The maximum atomic E-state index is 11.2. The van der Waals surface area contributed by atoms with Crippen LogP contribution in [-0.2, 0) is 62.5 Å². The van der Waals surface area contributed by atoms with Crippen LogP contribution < -0.4 is 4.57 Å². The van der Waals surface area contributed by atoms with Gasteiger partial charge in [0, 0.05) is 0 Å². The highest BCUT2D eigenvalue weighted by Gasteiger charge is 2.48. The Morgan fingerprint density at radius 3 is 1.15 bits per heavy atom. The molecule has 1 heterocycles. The molecule has 0 amide bonds. The molecule has 0 saturated carbocycles. The highest BCUT2D eigenvalue weighted by molar-refractivity contribution is 7.72. The molecule has 0 radical (unpaired) electrons. The van der Waals surface area contributed by atoms with Crippen LogP contribution in [0.4, 0.5) is 0 Å². The van der Waals surface area contributed by atoms with E-state index in [2.05, 4.69) is 45.6 Å². The molecule has 0 spiro atoms. The molecular weight excluding hydrogens is 590 g/mol. The molecule has 33 heavy (non-hydrogen) atoms. The molecular formula is C6H19N2O19P6+. The summed E-state index contributed by atoms with van der Waals surface area (Å²) in [6.07, 6.45) is 6.14. The first-order chi connectivity index (χ1) is 14.4. The number of rotatable bonds is 11. The summed E-state index contributed by atoms with van der Waals surface area (Å²) < 4.78 is 84.6. The molecule has 0 aromatic carbocycles. The summed E-state index contributed by atoms with van der Waals surface area (Å²) in [7, 11) is -34.2. The summed E-state index contributed by atoms with van der Waals surface area (Å²) in [4.78, 5) is 68.1. The number of imidazole rings is 1. The Morgan fingerprint density at radius 1 is 0.667 bits per heavy atom. The van der Waals surface area contributed by atoms with Gasteiger partial charge in [-0.3, -0.25) is 0 Å². The Balaban J connectivity index is 0.00000106. The minimum Gasteiger partial charge on any atom is -0.302 e. The lowest BCUT2D eigenvalue weighted by atomic mass is 10.7. The maximum Gasteiger partial charge on any atom is 0.490 e. The van der Waals surface area contributed by atoms with Gasteiger partial charge in [0.15, 0.2) is 0 Å². The van der Waals surface area contributed by atoms with Gasteiger partial charge in [0.05, 0.1) is 13.6 Å². The van der Waals surface area contributed by atoms with E-state index in [0.29, 0.717) is 0 Å². The van der Waals surface area contributed by atoms with Crippen molar-refractivity contribution in [3.63, 3.8) is 0 Å². The Hall–Kier alpha value is 0.0700. The van der Waals surface area contributed by atoms with Crippen molar-refractivity contribution in [3.8, 4) is 0 Å². The fraction of sp³-hybridized carbons (Fsp3) is 0.500. The largest absolute Gasteiger partial charge is 0.490 e. The van der Waals surface area contributed by atoms with Gasteiger partial charge >= 0.3 is 46.9 Å². The molecule has 0 aliphatic heterocycles. The molecule has 0 fully saturated rings. The predicted molar refractivity (Wildman–Crippen MR) is 100 cm³/mol. The Bertz CT molecular complexity index is 1020. The molecule has 21 nitrogen and oxygen atoms in total. The molecule has 4 unspecified atom stereocenters. The van der Waals surface area contributed by atoms with Crippen molar-refractivity contribution in [1.82, 2.24) is 4.57 Å². The third-order valence-electron chi connectivity index (χ3n) is 2.23. The summed E-state index contributed by atoms with van der Waals surface area (Å²) in [5, 5.41) is 0. The van der Waals surface area contributed by atoms with Gasteiger partial charge in [-0.05, 0) is 6.92 Å². The summed E-state index contributed by atoms with van der Waals surface area (Å²) >= 11 is 0. The number of hydrogen-bond acceptors (Lipinski definition) is 11. The van der Waals surface area contributed by atoms with E-state index in [1.807, 2.05) is 17.8 Å². The quantitative estimate of drug-likeness (QED) is 0.121. The first-order valence-corrected chi connectivity index (χ1v) is 16.4. The molecule has 0 saturated heterocycles. The minimum absolute atomic E-state index is 1.06. The predicted octanol–water partition coefficient (Wildman–Crippen LogP) is -0.0111. The lowest BCUT2D eigenvalue weighted by Gasteiger charge is -2.19. The van der Waals surface area contributed by atoms with Gasteiger partial charge in [-0.15, -0.1) is 0 Å². The molecule has 8 N–H and O–H groups in total. The van der Waals surface area contributed by atoms with Crippen LogP contribution in [0.5, 0.6) is 0 Å². The lowest BCUT2D eigenvalue weighted by Crippen LogP contribution is -2.23. The number of aryl methyl sites for hydroxylation is 2. The van der Waals surface area contributed by atoms with Crippen molar-refractivity contribution in [2.75, 3.05) is 0 Å². The van der Waals surface area contributed by atoms with E-state index in [1.54, 1.807) is 0 Å². The van der Waals surface area contributed by atoms with Crippen LogP contribution >= 0.6 is 46.9 Å². The van der Waals surface area contributed by atoms with Gasteiger partial charge in [-0.1, -0.05) is 0 Å². The number of nitrogens with zero attached hydrogens (tertiary/aromatic N) is 2. The fourth-order valence-corrected chi connectivity index (χ4v) is 8.24. The second-order valence-corrected chi connectivity index (χ2v) is 14.1. The molecule has 27 heteroatoms. The standard InChI is InChI=1S/C6H11N2.H8O19P6/c1-3-8-5-4-7(2)6-8;1-20(2,3)15-22(7,8)17-24(11,12)19-25(13,14)18-23(9,10)16-21(4,5)6/h4-6H,3H2,1-2H3;(H,7,8)(H,9,10)(H,11,12)(H,13,14)(H2,1,2,3)(H2,4,5,6)/q+1;. The summed E-state index contributed by atoms with van der Waals surface area (Å²) in [5.74, 6) is 0. The second kappa shape index (κ2) is 11.9. The normalized spacial score (nSPS) is 19.8. The molecule has 1 aromatic heterocycles. The van der Waals surface area contributed by atoms with E-state index in [1.165, 1.54) is 0 Å². The third kappa shape index (κ3) is 17.2. The second-order valence-electron chi connectivity index (χ2n) is 5.17. The first kappa shape index (κ1) is 33.1. The van der Waals surface area contributed by atoms with E-state index < -0.39 is 46.9 Å². The lowest BCUT2D eigenvalue weighted by molar-refractivity contribution is -0.671. The Morgan fingerprint density at radius 2 is 0.970 bits per heavy atom. The van der Waals surface area contributed by atoms with Crippen LogP contribution in [0, 0.1) is 0 Å². The molecule has 0 bridgehead atoms. The molecule has 4 atom stereocenters. The summed E-state index contributed by atoms with van der Waals surface area (Å²) in [6.45, 7) is 3.18. The van der Waals surface area contributed by atoms with Crippen molar-refractivity contribution in [2.45, 2.75) is 13.5 Å². The van der Waals surface area contributed by atoms with Crippen molar-refractivity contribution >= 4 is 46.9 Å². The van der Waals surface area contributed by atoms with Crippen LogP contribution in [0.15, 0.2) is 18.7 Å². The fourth-order valence-electron chi connectivity index (χ4n) is 1.41. The zero-order chi connectivity index (χ0) is 26.5. The Labute approximate surface area is 184 Å². The van der Waals surface area contributed by atoms with Crippen LogP contribution in [0.3, 0.4) is 0 Å². The summed E-state index contributed by atoms with van der Waals surface area (Å²) in [5.41, 5.74) is 0. The zero-order valence-corrected chi connectivity index (χ0v) is 21.5. The highest BCUT2D eigenvalue weighted by Crippen LogP contribution is 2.74. The van der Waals surface area contributed by atoms with Crippen LogP contribution in [0.25, 0.3) is 0 Å². The maximum absolute atomic E-state index is 11.2. The zero-order valence-electron chi connectivity index (χ0n) is 16.1. The molecule has 1 rings (SSSR count). The van der Waals surface area contributed by atoms with Gasteiger partial charge in [0.1, 0.15) is 12.4 Å². The van der Waals surface area contributed by atoms with Gasteiger partial charge in [0.2, 0.25) is 6.33 Å². The van der Waals surface area contributed by atoms with Crippen molar-refractivity contribution < 1.29 is 92.7 Å². The van der Waals surface area contributed by atoms with Crippen molar-refractivity contribution in [2.24, 2.45) is 7.05 Å². The molecule has 1 aromatic rings. The molecule has 0 aliphatic rings. The van der Waals surface area contributed by atoms with Crippen LogP contribution in [-0.4, -0.2) is 43.7 Å². The van der Waals surface area contributed by atoms with Crippen LogP contribution in [0.1, 0.15) is 6.92 Å². The van der Waals surface area contributed by atoms with E-state index >= 15 is 0 Å². The third-order valence-corrected chi connectivity index (χ3v) is 10.5. The molecule has 196 valence electrons. The topological polar surface area (TPSA) is 319 Å². The van der Waals surface area contributed by atoms with Crippen LogP contribution in [0.2, 0.25) is 0 Å². The van der Waals surface area contributed by atoms with E-state index in [0.717, 1.165) is 6.54 Å². The first-order valence-electron chi connectivity index (χ1n) is 7.36. The highest BCUT2D eigenvalue weighted by atomic mass is 31.3. The van der Waals surface area contributed by atoms with Gasteiger partial charge < -0.3 is 39.1 Å². The van der Waals surface area contributed by atoms with Gasteiger partial charge in [-0.2, -0.15) is 21.6 Å². The van der Waals surface area contributed by atoms with Gasteiger partial charge in [0.25, 0.3) is 0 Å². The summed E-state index contributed by atoms with van der Waals surface area (Å²) in [6, 6.07) is 0.